The number of carbonyl (C=O) groups is 1. The molecule has 0 radical (unpaired) electrons. The van der Waals surface area contributed by atoms with E-state index in [2.05, 4.69) is 5.32 Å². The maximum absolute atomic E-state index is 13.3. The van der Waals surface area contributed by atoms with Crippen molar-refractivity contribution in [2.24, 2.45) is 0 Å². The highest BCUT2D eigenvalue weighted by Gasteiger charge is 2.15. The Kier molecular flexibility index (Phi) is 4.57. The molecular weight excluding hydrogens is 226 g/mol. The number of carbonyl (C=O) groups excluding carboxylic acids is 1. The lowest BCUT2D eigenvalue weighted by Crippen LogP contribution is -2.38. The van der Waals surface area contributed by atoms with E-state index in [1.165, 1.54) is 12.1 Å². The summed E-state index contributed by atoms with van der Waals surface area (Å²) in [5.41, 5.74) is -0.268. The number of halogens is 2. The van der Waals surface area contributed by atoms with Crippen molar-refractivity contribution >= 4 is 5.91 Å². The van der Waals surface area contributed by atoms with Gasteiger partial charge in [0.2, 0.25) is 0 Å². The average Bonchev–Trinajstić information content (AvgIpc) is 2.29. The topological polar surface area (TPSA) is 32.3 Å². The van der Waals surface area contributed by atoms with Gasteiger partial charge < -0.3 is 10.2 Å². The van der Waals surface area contributed by atoms with Gasteiger partial charge in [0.05, 0.1) is 5.56 Å². The highest BCUT2D eigenvalue weighted by molar-refractivity contribution is 5.94. The molecule has 5 heteroatoms. The van der Waals surface area contributed by atoms with E-state index in [0.717, 1.165) is 6.07 Å². The molecule has 1 atom stereocenters. The van der Waals surface area contributed by atoms with Crippen LogP contribution in [0.2, 0.25) is 0 Å². The average molecular weight is 242 g/mol. The van der Waals surface area contributed by atoms with Crippen molar-refractivity contribution in [1.29, 1.82) is 0 Å². The summed E-state index contributed by atoms with van der Waals surface area (Å²) < 4.78 is 26.2. The van der Waals surface area contributed by atoms with Gasteiger partial charge in [-0.1, -0.05) is 6.07 Å². The van der Waals surface area contributed by atoms with Gasteiger partial charge in [0, 0.05) is 12.6 Å². The fraction of sp³-hybridized carbons (Fsp3) is 0.417. The minimum absolute atomic E-state index is 0.121. The maximum Gasteiger partial charge on any atom is 0.254 e. The molecule has 0 aliphatic rings. The molecule has 1 aromatic carbocycles. The van der Waals surface area contributed by atoms with Crippen LogP contribution in [0.1, 0.15) is 17.3 Å². The van der Waals surface area contributed by atoms with E-state index in [1.54, 1.807) is 0 Å². The minimum atomic E-state index is -1.11. The predicted molar refractivity (Wildman–Crippen MR) is 61.8 cm³/mol. The van der Waals surface area contributed by atoms with Crippen LogP contribution in [0, 0.1) is 11.6 Å². The number of nitrogens with zero attached hydrogens (tertiary/aromatic N) is 1. The first-order chi connectivity index (χ1) is 7.93. The van der Waals surface area contributed by atoms with E-state index in [9.17, 15) is 13.6 Å². The molecule has 0 saturated carbocycles. The molecule has 0 aliphatic heterocycles. The highest BCUT2D eigenvalue weighted by Crippen LogP contribution is 2.10. The van der Waals surface area contributed by atoms with E-state index in [1.807, 2.05) is 25.9 Å². The number of amides is 1. The molecule has 1 rings (SSSR count). The van der Waals surface area contributed by atoms with Crippen LogP contribution in [0.15, 0.2) is 18.2 Å². The highest BCUT2D eigenvalue weighted by atomic mass is 19.2. The number of hydrogen-bond donors (Lipinski definition) is 1. The second kappa shape index (κ2) is 5.72. The number of hydrogen-bond acceptors (Lipinski definition) is 2. The molecule has 94 valence electrons. The van der Waals surface area contributed by atoms with Gasteiger partial charge in [-0.3, -0.25) is 4.79 Å². The first-order valence-electron chi connectivity index (χ1n) is 5.32. The molecule has 17 heavy (non-hydrogen) atoms. The fourth-order valence-electron chi connectivity index (χ4n) is 1.20. The summed E-state index contributed by atoms with van der Waals surface area (Å²) in [7, 11) is 3.75. The monoisotopic (exact) mass is 242 g/mol. The summed E-state index contributed by atoms with van der Waals surface area (Å²) in [6.45, 7) is 2.30. The van der Waals surface area contributed by atoms with Crippen molar-refractivity contribution in [3.05, 3.63) is 35.4 Å². The number of rotatable bonds is 4. The van der Waals surface area contributed by atoms with E-state index in [0.29, 0.717) is 6.54 Å². The van der Waals surface area contributed by atoms with Crippen LogP contribution < -0.4 is 5.32 Å². The van der Waals surface area contributed by atoms with E-state index >= 15 is 0 Å². The van der Waals surface area contributed by atoms with Crippen molar-refractivity contribution < 1.29 is 13.6 Å². The van der Waals surface area contributed by atoms with Crippen molar-refractivity contribution in [3.8, 4) is 0 Å². The molecule has 1 aromatic rings. The molecule has 0 bridgehead atoms. The SMILES string of the molecule is CC(CNC(=O)c1cccc(F)c1F)N(C)C. The maximum atomic E-state index is 13.3. The Morgan fingerprint density at radius 3 is 2.65 bits per heavy atom. The molecule has 0 aliphatic carbocycles. The summed E-state index contributed by atoms with van der Waals surface area (Å²) in [6.07, 6.45) is 0. The second-order valence-corrected chi connectivity index (χ2v) is 4.12. The van der Waals surface area contributed by atoms with Crippen LogP contribution in [-0.4, -0.2) is 37.5 Å². The fourth-order valence-corrected chi connectivity index (χ4v) is 1.20. The van der Waals surface area contributed by atoms with E-state index in [4.69, 9.17) is 0 Å². The second-order valence-electron chi connectivity index (χ2n) is 4.12. The zero-order valence-electron chi connectivity index (χ0n) is 10.1. The van der Waals surface area contributed by atoms with Gasteiger partial charge in [-0.05, 0) is 33.2 Å². The lowest BCUT2D eigenvalue weighted by molar-refractivity contribution is 0.0938. The van der Waals surface area contributed by atoms with Crippen LogP contribution in [0.25, 0.3) is 0 Å². The summed E-state index contributed by atoms with van der Waals surface area (Å²) in [5, 5.41) is 2.56. The number of benzene rings is 1. The molecule has 3 nitrogen and oxygen atoms in total. The Morgan fingerprint density at radius 1 is 1.41 bits per heavy atom. The van der Waals surface area contributed by atoms with Gasteiger partial charge in [0.1, 0.15) is 0 Å². The quantitative estimate of drug-likeness (QED) is 0.870. The van der Waals surface area contributed by atoms with Crippen LogP contribution in [0.4, 0.5) is 8.78 Å². The van der Waals surface area contributed by atoms with Crippen LogP contribution in [0.3, 0.4) is 0 Å². The molecule has 0 heterocycles. The van der Waals surface area contributed by atoms with Gasteiger partial charge in [-0.25, -0.2) is 8.78 Å². The predicted octanol–water partition coefficient (Wildman–Crippen LogP) is 1.64. The zero-order chi connectivity index (χ0) is 13.0. The van der Waals surface area contributed by atoms with Gasteiger partial charge >= 0.3 is 0 Å². The molecule has 1 N–H and O–H groups in total. The van der Waals surface area contributed by atoms with Crippen LogP contribution >= 0.6 is 0 Å². The molecule has 0 spiro atoms. The van der Waals surface area contributed by atoms with Crippen molar-refractivity contribution in [3.63, 3.8) is 0 Å². The normalized spacial score (nSPS) is 12.6. The molecule has 0 fully saturated rings. The Balaban J connectivity index is 2.68. The molecule has 1 unspecified atom stereocenters. The first-order valence-corrected chi connectivity index (χ1v) is 5.32. The number of nitrogens with one attached hydrogen (secondary N) is 1. The third kappa shape index (κ3) is 3.49. The Hall–Kier alpha value is -1.49. The zero-order valence-corrected chi connectivity index (χ0v) is 10.1. The molecule has 1 amide bonds. The lowest BCUT2D eigenvalue weighted by atomic mass is 10.2. The van der Waals surface area contributed by atoms with Gasteiger partial charge in [0.15, 0.2) is 11.6 Å². The lowest BCUT2D eigenvalue weighted by Gasteiger charge is -2.20. The third-order valence-corrected chi connectivity index (χ3v) is 2.64. The van der Waals surface area contributed by atoms with Crippen molar-refractivity contribution in [1.82, 2.24) is 10.2 Å². The minimum Gasteiger partial charge on any atom is -0.350 e. The Morgan fingerprint density at radius 2 is 2.06 bits per heavy atom. The number of likely N-dealkylation sites (N-methyl/N-ethyl adjacent to an activating group) is 1. The van der Waals surface area contributed by atoms with Gasteiger partial charge in [-0.2, -0.15) is 0 Å². The van der Waals surface area contributed by atoms with Crippen LogP contribution in [0.5, 0.6) is 0 Å². The van der Waals surface area contributed by atoms with E-state index < -0.39 is 17.5 Å². The van der Waals surface area contributed by atoms with E-state index in [-0.39, 0.29) is 11.6 Å². The van der Waals surface area contributed by atoms with Crippen LogP contribution in [-0.2, 0) is 0 Å². The summed E-state index contributed by atoms with van der Waals surface area (Å²) in [4.78, 5) is 13.5. The molecule has 0 aromatic heterocycles. The standard InChI is InChI=1S/C12H16F2N2O/c1-8(16(2)3)7-15-12(17)9-5-4-6-10(13)11(9)14/h4-6,8H,7H2,1-3H3,(H,15,17). The Bertz CT molecular complexity index is 407. The molecule has 0 saturated heterocycles. The third-order valence-electron chi connectivity index (χ3n) is 2.64. The van der Waals surface area contributed by atoms with Gasteiger partial charge in [-0.15, -0.1) is 0 Å². The van der Waals surface area contributed by atoms with Crippen molar-refractivity contribution in [2.75, 3.05) is 20.6 Å². The first kappa shape index (κ1) is 13.6. The Labute approximate surface area is 99.4 Å². The summed E-state index contributed by atoms with van der Waals surface area (Å²) >= 11 is 0. The summed E-state index contributed by atoms with van der Waals surface area (Å²) in [6, 6.07) is 3.67. The smallest absolute Gasteiger partial charge is 0.254 e. The van der Waals surface area contributed by atoms with Crippen molar-refractivity contribution in [2.45, 2.75) is 13.0 Å². The summed E-state index contributed by atoms with van der Waals surface area (Å²) in [5.74, 6) is -2.73. The largest absolute Gasteiger partial charge is 0.350 e. The molecular formula is C12H16F2N2O. The van der Waals surface area contributed by atoms with Gasteiger partial charge in [0.25, 0.3) is 5.91 Å².